The number of hydrogen-bond acceptors (Lipinski definition) is 6. The second-order valence-electron chi connectivity index (χ2n) is 14.7. The Morgan fingerprint density at radius 3 is 1.40 bits per heavy atom. The molecule has 0 radical (unpaired) electrons. The van der Waals surface area contributed by atoms with Crippen LogP contribution in [-0.2, 0) is 12.8 Å². The van der Waals surface area contributed by atoms with Gasteiger partial charge in [0.25, 0.3) is 0 Å². The normalized spacial score (nSPS) is 11.8. The molecule has 0 fully saturated rings. The Morgan fingerprint density at radius 1 is 0.500 bits per heavy atom. The lowest BCUT2D eigenvalue weighted by Gasteiger charge is -2.05. The summed E-state index contributed by atoms with van der Waals surface area (Å²) < 4.78 is 32.4. The minimum absolute atomic E-state index is 0.249. The van der Waals surface area contributed by atoms with E-state index in [-0.39, 0.29) is 5.56 Å². The van der Waals surface area contributed by atoms with Crippen molar-refractivity contribution < 1.29 is 8.78 Å². The predicted octanol–water partition coefficient (Wildman–Crippen LogP) is 16.7. The highest BCUT2D eigenvalue weighted by atomic mass is 32.1. The van der Waals surface area contributed by atoms with E-state index in [0.29, 0.717) is 10.6 Å². The van der Waals surface area contributed by atoms with E-state index >= 15 is 4.39 Å². The van der Waals surface area contributed by atoms with Gasteiger partial charge in [-0.25, -0.2) is 18.7 Å². The Bertz CT molecular complexity index is 1790. The number of unbranched alkanes of at least 4 members (excludes halogenated alkanes) is 18. The van der Waals surface area contributed by atoms with Crippen LogP contribution in [0.2, 0.25) is 0 Å². The highest BCUT2D eigenvalue weighted by Gasteiger charge is 2.25. The Hall–Kier alpha value is -2.00. The van der Waals surface area contributed by atoms with Gasteiger partial charge in [0, 0.05) is 27.4 Å². The summed E-state index contributed by atoms with van der Waals surface area (Å²) in [6.07, 6.45) is 32.6. The van der Waals surface area contributed by atoms with E-state index in [1.54, 1.807) is 6.92 Å². The smallest absolute Gasteiger partial charge is 0.133 e. The van der Waals surface area contributed by atoms with Crippen molar-refractivity contribution in [1.82, 2.24) is 9.97 Å². The van der Waals surface area contributed by atoms with Crippen molar-refractivity contribution in [3.05, 3.63) is 57.9 Å². The second kappa shape index (κ2) is 21.8. The standard InChI is InChI=1S/C44H60F2N2S4/c1-5-7-9-11-13-15-17-19-21-23-25-33-40(38-29-47-32(4)49-38)51-43-34(26-24-22-20-18-16-14-12-10-8-6-2)41(52-42(33)43)39-30-48-44(50-39)35-28-36(45)31(3)27-37(35)46/h27-30H,5-26H2,1-4H3. The molecule has 0 spiro atoms. The molecule has 5 aromatic rings. The van der Waals surface area contributed by atoms with E-state index in [4.69, 9.17) is 0 Å². The minimum atomic E-state index is -0.416. The SMILES string of the molecule is CCCCCCCCCCCCc1c(-c2cnc(C)s2)sc2c(CCCCCCCCCCCC)c(-c3cnc(-c4cc(F)c(C)cc4F)s3)sc12. The van der Waals surface area contributed by atoms with Gasteiger partial charge in [-0.1, -0.05) is 129 Å². The van der Waals surface area contributed by atoms with E-state index in [1.807, 2.05) is 40.2 Å². The quantitative estimate of drug-likeness (QED) is 0.0551. The lowest BCUT2D eigenvalue weighted by Crippen LogP contribution is -1.89. The van der Waals surface area contributed by atoms with Gasteiger partial charge in [-0.2, -0.15) is 0 Å². The Morgan fingerprint density at radius 2 is 0.942 bits per heavy atom. The molecular formula is C44H60F2N2S4. The highest BCUT2D eigenvalue weighted by Crippen LogP contribution is 2.51. The molecule has 1 aromatic carbocycles. The number of thiazole rings is 2. The molecule has 5 rings (SSSR count). The van der Waals surface area contributed by atoms with Crippen molar-refractivity contribution in [2.45, 2.75) is 169 Å². The van der Waals surface area contributed by atoms with E-state index in [0.717, 1.165) is 22.7 Å². The van der Waals surface area contributed by atoms with Gasteiger partial charge in [0.2, 0.25) is 0 Å². The molecule has 0 amide bonds. The Balaban J connectivity index is 1.36. The van der Waals surface area contributed by atoms with E-state index < -0.39 is 11.6 Å². The summed E-state index contributed by atoms with van der Waals surface area (Å²) >= 11 is 7.16. The maximum Gasteiger partial charge on any atom is 0.133 e. The summed E-state index contributed by atoms with van der Waals surface area (Å²) in [4.78, 5) is 14.3. The van der Waals surface area contributed by atoms with Crippen LogP contribution >= 0.6 is 45.3 Å². The molecule has 0 aliphatic heterocycles. The number of benzene rings is 1. The van der Waals surface area contributed by atoms with Crippen LogP contribution in [0.5, 0.6) is 0 Å². The molecule has 0 bridgehead atoms. The zero-order valence-electron chi connectivity index (χ0n) is 32.1. The van der Waals surface area contributed by atoms with Gasteiger partial charge in [-0.05, 0) is 68.4 Å². The fourth-order valence-corrected chi connectivity index (χ4v) is 12.2. The molecule has 4 aromatic heterocycles. The molecule has 8 heteroatoms. The molecule has 0 aliphatic rings. The van der Waals surface area contributed by atoms with Crippen LogP contribution in [-0.4, -0.2) is 9.97 Å². The third-order valence-corrected chi connectivity index (χ3v) is 15.3. The Labute approximate surface area is 328 Å². The van der Waals surface area contributed by atoms with Gasteiger partial charge >= 0.3 is 0 Å². The minimum Gasteiger partial charge on any atom is -0.249 e. The molecule has 0 N–H and O–H groups in total. The average molecular weight is 783 g/mol. The molecule has 0 unspecified atom stereocenters. The van der Waals surface area contributed by atoms with Gasteiger partial charge in [0.15, 0.2) is 0 Å². The Kier molecular flexibility index (Phi) is 17.2. The molecule has 2 nitrogen and oxygen atoms in total. The van der Waals surface area contributed by atoms with E-state index in [1.165, 1.54) is 187 Å². The average Bonchev–Trinajstić information content (AvgIpc) is 3.93. The van der Waals surface area contributed by atoms with Gasteiger partial charge < -0.3 is 0 Å². The van der Waals surface area contributed by atoms with Gasteiger partial charge in [0.05, 0.1) is 24.5 Å². The molecular weight excluding hydrogens is 723 g/mol. The van der Waals surface area contributed by atoms with Crippen molar-refractivity contribution in [2.75, 3.05) is 0 Å². The van der Waals surface area contributed by atoms with Crippen molar-refractivity contribution >= 4 is 54.7 Å². The number of rotatable bonds is 25. The van der Waals surface area contributed by atoms with Crippen LogP contribution < -0.4 is 0 Å². The maximum absolute atomic E-state index is 15.0. The van der Waals surface area contributed by atoms with Crippen LogP contribution in [0.15, 0.2) is 24.5 Å². The fourth-order valence-electron chi connectivity index (χ4n) is 7.23. The van der Waals surface area contributed by atoms with Gasteiger partial charge in [-0.3, -0.25) is 0 Å². The van der Waals surface area contributed by atoms with Crippen molar-refractivity contribution in [1.29, 1.82) is 0 Å². The molecule has 0 saturated heterocycles. The first-order valence-corrected chi connectivity index (χ1v) is 23.6. The summed E-state index contributed by atoms with van der Waals surface area (Å²) in [5, 5.41) is 1.65. The van der Waals surface area contributed by atoms with Crippen LogP contribution in [0, 0.1) is 25.5 Å². The molecule has 0 aliphatic carbocycles. The number of halogens is 2. The summed E-state index contributed by atoms with van der Waals surface area (Å²) in [6.45, 7) is 8.27. The number of thiophene rings is 2. The zero-order valence-corrected chi connectivity index (χ0v) is 35.4. The topological polar surface area (TPSA) is 25.8 Å². The number of hydrogen-bond donors (Lipinski definition) is 0. The van der Waals surface area contributed by atoms with Crippen LogP contribution in [0.4, 0.5) is 8.78 Å². The molecule has 52 heavy (non-hydrogen) atoms. The first kappa shape index (κ1) is 41.2. The molecule has 0 atom stereocenters. The maximum atomic E-state index is 15.0. The summed E-state index contributed by atoms with van der Waals surface area (Å²) in [7, 11) is 0. The zero-order chi connectivity index (χ0) is 36.7. The number of nitrogens with zero attached hydrogens (tertiary/aromatic N) is 2. The summed E-state index contributed by atoms with van der Waals surface area (Å²) in [5.41, 5.74) is 3.47. The molecule has 4 heterocycles. The lowest BCUT2D eigenvalue weighted by atomic mass is 10.0. The van der Waals surface area contributed by atoms with Crippen LogP contribution in [0.25, 0.3) is 39.5 Å². The molecule has 284 valence electrons. The van der Waals surface area contributed by atoms with E-state index in [9.17, 15) is 4.39 Å². The number of fused-ring (bicyclic) bond motifs is 1. The monoisotopic (exact) mass is 782 g/mol. The number of aromatic nitrogens is 2. The van der Waals surface area contributed by atoms with Crippen molar-refractivity contribution in [3.63, 3.8) is 0 Å². The third-order valence-electron chi connectivity index (χ3n) is 10.3. The summed E-state index contributed by atoms with van der Waals surface area (Å²) in [5.74, 6) is -0.810. The van der Waals surface area contributed by atoms with Crippen LogP contribution in [0.1, 0.15) is 164 Å². The van der Waals surface area contributed by atoms with Crippen molar-refractivity contribution in [2.24, 2.45) is 0 Å². The third kappa shape index (κ3) is 11.5. The van der Waals surface area contributed by atoms with Gasteiger partial charge in [0.1, 0.15) is 16.6 Å². The largest absolute Gasteiger partial charge is 0.249 e. The second-order valence-corrected chi connectivity index (χ2v) is 19.0. The lowest BCUT2D eigenvalue weighted by molar-refractivity contribution is 0.556. The first-order chi connectivity index (χ1) is 25.4. The van der Waals surface area contributed by atoms with Gasteiger partial charge in [-0.15, -0.1) is 45.3 Å². The van der Waals surface area contributed by atoms with Crippen molar-refractivity contribution in [3.8, 4) is 30.1 Å². The van der Waals surface area contributed by atoms with E-state index in [2.05, 4.69) is 36.9 Å². The highest BCUT2D eigenvalue weighted by molar-refractivity contribution is 7.34. The molecule has 0 saturated carbocycles. The first-order valence-electron chi connectivity index (χ1n) is 20.3. The van der Waals surface area contributed by atoms with Crippen LogP contribution in [0.3, 0.4) is 0 Å². The fraction of sp³-hybridized carbons (Fsp3) is 0.591. The summed E-state index contributed by atoms with van der Waals surface area (Å²) in [6, 6.07) is 2.59. The predicted molar refractivity (Wildman–Crippen MR) is 228 cm³/mol. The number of aryl methyl sites for hydroxylation is 4.